The van der Waals surface area contributed by atoms with Gasteiger partial charge in [0.15, 0.2) is 5.13 Å². The van der Waals surface area contributed by atoms with Gasteiger partial charge in [-0.05, 0) is 51.0 Å². The Morgan fingerprint density at radius 1 is 0.957 bits per heavy atom. The van der Waals surface area contributed by atoms with Crippen LogP contribution in [0.1, 0.15) is 21.6 Å². The SMILES string of the molecule is Cc1ccc(-c2nc(Nc3ccc(C)c(Cl)c3)sc2C)c(C)c1. The molecule has 0 bridgehead atoms. The number of aromatic nitrogens is 1. The number of hydrogen-bond acceptors (Lipinski definition) is 3. The van der Waals surface area contributed by atoms with Gasteiger partial charge in [0.2, 0.25) is 0 Å². The van der Waals surface area contributed by atoms with E-state index >= 15 is 0 Å². The Morgan fingerprint density at radius 2 is 1.74 bits per heavy atom. The number of aryl methyl sites for hydroxylation is 4. The molecule has 0 amide bonds. The fourth-order valence-electron chi connectivity index (χ4n) is 2.57. The molecule has 0 aliphatic heterocycles. The molecule has 0 atom stereocenters. The van der Waals surface area contributed by atoms with Gasteiger partial charge in [0, 0.05) is 21.2 Å². The molecule has 2 aromatic carbocycles. The van der Waals surface area contributed by atoms with Crippen molar-refractivity contribution in [2.24, 2.45) is 0 Å². The number of rotatable bonds is 3. The topological polar surface area (TPSA) is 24.9 Å². The average molecular weight is 343 g/mol. The summed E-state index contributed by atoms with van der Waals surface area (Å²) in [5, 5.41) is 5.01. The summed E-state index contributed by atoms with van der Waals surface area (Å²) in [4.78, 5) is 5.99. The van der Waals surface area contributed by atoms with Crippen LogP contribution in [-0.4, -0.2) is 4.98 Å². The Balaban J connectivity index is 1.93. The van der Waals surface area contributed by atoms with Gasteiger partial charge in [0.05, 0.1) is 5.69 Å². The summed E-state index contributed by atoms with van der Waals surface area (Å²) < 4.78 is 0. The summed E-state index contributed by atoms with van der Waals surface area (Å²) in [6, 6.07) is 12.4. The van der Waals surface area contributed by atoms with E-state index in [1.165, 1.54) is 21.6 Å². The monoisotopic (exact) mass is 342 g/mol. The predicted molar refractivity (Wildman–Crippen MR) is 101 cm³/mol. The van der Waals surface area contributed by atoms with Crippen LogP contribution in [0.15, 0.2) is 36.4 Å². The van der Waals surface area contributed by atoms with E-state index in [1.807, 2.05) is 25.1 Å². The van der Waals surface area contributed by atoms with E-state index in [0.29, 0.717) is 0 Å². The highest BCUT2D eigenvalue weighted by Crippen LogP contribution is 2.34. The molecule has 3 rings (SSSR count). The Hall–Kier alpha value is -1.84. The molecule has 0 aliphatic rings. The van der Waals surface area contributed by atoms with E-state index in [0.717, 1.165) is 27.1 Å². The largest absolute Gasteiger partial charge is 0.331 e. The Labute approximate surface area is 146 Å². The number of benzene rings is 2. The summed E-state index contributed by atoms with van der Waals surface area (Å²) in [5.41, 5.74) is 6.80. The molecule has 0 saturated heterocycles. The first-order valence-corrected chi connectivity index (χ1v) is 8.71. The average Bonchev–Trinajstić information content (AvgIpc) is 2.83. The summed E-state index contributed by atoms with van der Waals surface area (Å²) >= 11 is 7.85. The minimum absolute atomic E-state index is 0.762. The van der Waals surface area contributed by atoms with Crippen LogP contribution in [0, 0.1) is 27.7 Å². The smallest absolute Gasteiger partial charge is 0.187 e. The van der Waals surface area contributed by atoms with Gasteiger partial charge in [0.1, 0.15) is 0 Å². The van der Waals surface area contributed by atoms with Crippen LogP contribution in [-0.2, 0) is 0 Å². The van der Waals surface area contributed by atoms with Crippen molar-refractivity contribution in [2.45, 2.75) is 27.7 Å². The van der Waals surface area contributed by atoms with Gasteiger partial charge in [-0.25, -0.2) is 4.98 Å². The summed E-state index contributed by atoms with van der Waals surface area (Å²) in [5.74, 6) is 0. The highest BCUT2D eigenvalue weighted by molar-refractivity contribution is 7.16. The molecule has 23 heavy (non-hydrogen) atoms. The van der Waals surface area contributed by atoms with Crippen molar-refractivity contribution in [2.75, 3.05) is 5.32 Å². The van der Waals surface area contributed by atoms with Crippen molar-refractivity contribution in [3.8, 4) is 11.3 Å². The molecule has 1 aromatic heterocycles. The number of nitrogens with zero attached hydrogens (tertiary/aromatic N) is 1. The van der Waals surface area contributed by atoms with Gasteiger partial charge in [-0.2, -0.15) is 0 Å². The minimum atomic E-state index is 0.762. The summed E-state index contributed by atoms with van der Waals surface area (Å²) in [6.45, 7) is 8.35. The van der Waals surface area contributed by atoms with Gasteiger partial charge in [-0.1, -0.05) is 41.4 Å². The zero-order valence-corrected chi connectivity index (χ0v) is 15.3. The molecule has 0 unspecified atom stereocenters. The van der Waals surface area contributed by atoms with Gasteiger partial charge < -0.3 is 5.32 Å². The minimum Gasteiger partial charge on any atom is -0.331 e. The van der Waals surface area contributed by atoms with Crippen molar-refractivity contribution >= 4 is 33.8 Å². The Morgan fingerprint density at radius 3 is 2.43 bits per heavy atom. The molecule has 118 valence electrons. The maximum atomic E-state index is 6.19. The van der Waals surface area contributed by atoms with Crippen molar-refractivity contribution in [1.82, 2.24) is 4.98 Å². The fraction of sp³-hybridized carbons (Fsp3) is 0.211. The van der Waals surface area contributed by atoms with Crippen LogP contribution >= 0.6 is 22.9 Å². The molecule has 0 aliphatic carbocycles. The molecule has 1 N–H and O–H groups in total. The number of hydrogen-bond donors (Lipinski definition) is 1. The second-order valence-corrected chi connectivity index (χ2v) is 7.44. The molecule has 4 heteroatoms. The number of nitrogens with one attached hydrogen (secondary N) is 1. The first-order valence-electron chi connectivity index (χ1n) is 7.52. The maximum absolute atomic E-state index is 6.19. The molecular formula is C19H19ClN2S. The van der Waals surface area contributed by atoms with Gasteiger partial charge in [-0.3, -0.25) is 0 Å². The lowest BCUT2D eigenvalue weighted by atomic mass is 10.0. The van der Waals surface area contributed by atoms with E-state index in [1.54, 1.807) is 11.3 Å². The second-order valence-electron chi connectivity index (χ2n) is 5.83. The van der Waals surface area contributed by atoms with Crippen LogP contribution in [0.3, 0.4) is 0 Å². The van der Waals surface area contributed by atoms with Crippen LogP contribution < -0.4 is 5.32 Å². The fourth-order valence-corrected chi connectivity index (χ4v) is 3.60. The molecule has 0 fully saturated rings. The molecule has 0 radical (unpaired) electrons. The number of halogens is 1. The lowest BCUT2D eigenvalue weighted by Gasteiger charge is -2.06. The second kappa shape index (κ2) is 6.34. The molecule has 3 aromatic rings. The van der Waals surface area contributed by atoms with E-state index < -0.39 is 0 Å². The molecule has 0 spiro atoms. The highest BCUT2D eigenvalue weighted by atomic mass is 35.5. The van der Waals surface area contributed by atoms with Crippen molar-refractivity contribution < 1.29 is 0 Å². The van der Waals surface area contributed by atoms with Crippen molar-refractivity contribution in [3.63, 3.8) is 0 Å². The molecule has 2 nitrogen and oxygen atoms in total. The summed E-state index contributed by atoms with van der Waals surface area (Å²) in [7, 11) is 0. The third-order valence-corrected chi connectivity index (χ3v) is 5.15. The van der Waals surface area contributed by atoms with Crippen LogP contribution in [0.5, 0.6) is 0 Å². The van der Waals surface area contributed by atoms with E-state index in [-0.39, 0.29) is 0 Å². The normalized spacial score (nSPS) is 10.8. The lowest BCUT2D eigenvalue weighted by molar-refractivity contribution is 1.31. The van der Waals surface area contributed by atoms with Crippen molar-refractivity contribution in [3.05, 3.63) is 63.0 Å². The molecular weight excluding hydrogens is 324 g/mol. The first-order chi connectivity index (χ1) is 10.9. The zero-order chi connectivity index (χ0) is 16.6. The standard InChI is InChI=1S/C19H19ClN2S/c1-11-5-8-16(13(3)9-11)18-14(4)23-19(22-18)21-15-7-6-12(2)17(20)10-15/h5-10H,1-4H3,(H,21,22). The van der Waals surface area contributed by atoms with E-state index in [2.05, 4.69) is 44.3 Å². The zero-order valence-electron chi connectivity index (χ0n) is 13.7. The summed E-state index contributed by atoms with van der Waals surface area (Å²) in [6.07, 6.45) is 0. The Kier molecular flexibility index (Phi) is 4.42. The molecule has 1 heterocycles. The first kappa shape index (κ1) is 16.0. The lowest BCUT2D eigenvalue weighted by Crippen LogP contribution is -1.91. The van der Waals surface area contributed by atoms with Crippen molar-refractivity contribution in [1.29, 1.82) is 0 Å². The van der Waals surface area contributed by atoms with Crippen LogP contribution in [0.4, 0.5) is 10.8 Å². The van der Waals surface area contributed by atoms with Crippen LogP contribution in [0.25, 0.3) is 11.3 Å². The quantitative estimate of drug-likeness (QED) is 0.592. The van der Waals surface area contributed by atoms with E-state index in [4.69, 9.17) is 16.6 Å². The Bertz CT molecular complexity index is 868. The van der Waals surface area contributed by atoms with Gasteiger partial charge in [0.25, 0.3) is 0 Å². The predicted octanol–water partition coefficient (Wildman–Crippen LogP) is 6.44. The highest BCUT2D eigenvalue weighted by Gasteiger charge is 2.12. The van der Waals surface area contributed by atoms with Crippen LogP contribution in [0.2, 0.25) is 5.02 Å². The van der Waals surface area contributed by atoms with Gasteiger partial charge >= 0.3 is 0 Å². The third kappa shape index (κ3) is 3.41. The number of anilines is 2. The third-order valence-electron chi connectivity index (χ3n) is 3.86. The molecule has 0 saturated carbocycles. The van der Waals surface area contributed by atoms with E-state index in [9.17, 15) is 0 Å². The maximum Gasteiger partial charge on any atom is 0.187 e. The number of thiazole rings is 1. The van der Waals surface area contributed by atoms with Gasteiger partial charge in [-0.15, -0.1) is 11.3 Å².